The molecule has 0 N–H and O–H groups in total. The van der Waals surface area contributed by atoms with Crippen molar-refractivity contribution in [1.82, 2.24) is 4.90 Å². The Hall–Kier alpha value is -0.510. The van der Waals surface area contributed by atoms with Gasteiger partial charge in [-0.05, 0) is 18.4 Å². The minimum Gasteiger partial charge on any atom is -0.566 e. The number of unbranched alkanes of at least 4 members (excludes halogenated alkanes) is 1. The molecule has 96 valence electrons. The summed E-state index contributed by atoms with van der Waals surface area (Å²) in [7, 11) is -2.92. The first kappa shape index (κ1) is 17.9. The van der Waals surface area contributed by atoms with Crippen LogP contribution in [0.25, 0.3) is 0 Å². The summed E-state index contributed by atoms with van der Waals surface area (Å²) >= 11 is 0. The maximum atomic E-state index is 11.0. The normalized spacial score (nSPS) is 10.2. The molecule has 0 bridgehead atoms. The number of rotatable bonds is 6. The Kier molecular flexibility index (Phi) is 14.0. The molecule has 0 spiro atoms. The van der Waals surface area contributed by atoms with E-state index in [9.17, 15) is 14.3 Å². The number of likely N-dealkylation sites (N-methyl/N-ethyl adjacent to an activating group) is 1. The van der Waals surface area contributed by atoms with E-state index in [-0.39, 0.29) is 12.5 Å². The summed E-state index contributed by atoms with van der Waals surface area (Å²) in [4.78, 5) is 22.5. The van der Waals surface area contributed by atoms with E-state index in [1.165, 1.54) is 17.7 Å². The van der Waals surface area contributed by atoms with Gasteiger partial charge < -0.3 is 9.79 Å². The predicted octanol–water partition coefficient (Wildman–Crippen LogP) is 1.70. The standard InChI is InChI=1S/C6H12NO4P.C4H10/c1-3-7(4-2)6(8)5-11-12(9)10;1-3-4-2/h3-5H2,1-2H3;3-4H2,1-2H3. The largest absolute Gasteiger partial charge is 0.566 e. The molecule has 1 amide bonds. The van der Waals surface area contributed by atoms with Crippen LogP contribution in [0.2, 0.25) is 0 Å². The van der Waals surface area contributed by atoms with Gasteiger partial charge in [0.1, 0.15) is 0 Å². The molecular formula is C10H22NO4P. The number of hydrogen-bond donors (Lipinski definition) is 0. The van der Waals surface area contributed by atoms with Crippen LogP contribution in [0.1, 0.15) is 40.5 Å². The first-order chi connectivity index (χ1) is 7.53. The highest BCUT2D eigenvalue weighted by atomic mass is 31.1. The summed E-state index contributed by atoms with van der Waals surface area (Å²) in [5, 5.41) is 0. The van der Waals surface area contributed by atoms with Crippen LogP contribution in [-0.4, -0.2) is 30.5 Å². The van der Waals surface area contributed by atoms with Crippen LogP contribution in [-0.2, 0) is 13.9 Å². The average molecular weight is 251 g/mol. The summed E-state index contributed by atoms with van der Waals surface area (Å²) in [6.45, 7) is 8.74. The molecule has 0 aromatic heterocycles. The van der Waals surface area contributed by atoms with Crippen molar-refractivity contribution in [3.63, 3.8) is 0 Å². The average Bonchev–Trinajstić information content (AvgIpc) is 2.28. The van der Waals surface area contributed by atoms with E-state index < -0.39 is 8.25 Å². The Morgan fingerprint density at radius 1 is 1.19 bits per heavy atom. The Labute approximate surface area is 98.7 Å². The van der Waals surface area contributed by atoms with Crippen molar-refractivity contribution in [3.05, 3.63) is 0 Å². The van der Waals surface area contributed by atoms with Crippen LogP contribution in [0.15, 0.2) is 0 Å². The van der Waals surface area contributed by atoms with Gasteiger partial charge in [-0.3, -0.25) is 4.79 Å². The van der Waals surface area contributed by atoms with E-state index >= 15 is 0 Å². The van der Waals surface area contributed by atoms with Crippen LogP contribution in [0.5, 0.6) is 0 Å². The van der Waals surface area contributed by atoms with Crippen molar-refractivity contribution in [2.75, 3.05) is 19.7 Å². The van der Waals surface area contributed by atoms with E-state index in [1.807, 2.05) is 13.8 Å². The van der Waals surface area contributed by atoms with Crippen LogP contribution >= 0.6 is 8.25 Å². The molecule has 1 atom stereocenters. The highest BCUT2D eigenvalue weighted by Gasteiger charge is 2.13. The summed E-state index contributed by atoms with van der Waals surface area (Å²) in [6, 6.07) is 0. The molecule has 0 heterocycles. The number of carbonyl (C=O) groups is 1. The lowest BCUT2D eigenvalue weighted by atomic mass is 10.4. The molecule has 0 fully saturated rings. The van der Waals surface area contributed by atoms with E-state index in [2.05, 4.69) is 18.4 Å². The zero-order valence-electron chi connectivity index (χ0n) is 10.6. The van der Waals surface area contributed by atoms with Crippen LogP contribution in [0.3, 0.4) is 0 Å². The van der Waals surface area contributed by atoms with Gasteiger partial charge >= 0.3 is 8.25 Å². The van der Waals surface area contributed by atoms with Gasteiger partial charge in [-0.25, -0.2) is 0 Å². The molecule has 0 rings (SSSR count). The molecule has 6 heteroatoms. The van der Waals surface area contributed by atoms with Gasteiger partial charge in [0.05, 0.1) is 0 Å². The van der Waals surface area contributed by atoms with Gasteiger partial charge in [-0.15, -0.1) is 4.52 Å². The second-order valence-corrected chi connectivity index (χ2v) is 3.77. The van der Waals surface area contributed by atoms with Crippen molar-refractivity contribution in [1.29, 1.82) is 0 Å². The summed E-state index contributed by atoms with van der Waals surface area (Å²) in [5.74, 6) is -0.306. The van der Waals surface area contributed by atoms with Crippen molar-refractivity contribution >= 4 is 14.2 Å². The second-order valence-electron chi connectivity index (χ2n) is 3.06. The molecule has 5 nitrogen and oxygen atoms in total. The molecule has 0 radical (unpaired) electrons. The Morgan fingerprint density at radius 2 is 1.62 bits per heavy atom. The predicted molar refractivity (Wildman–Crippen MR) is 62.1 cm³/mol. The van der Waals surface area contributed by atoms with Gasteiger partial charge in [-0.1, -0.05) is 26.7 Å². The summed E-state index contributed by atoms with van der Waals surface area (Å²) < 4.78 is 14.1. The monoisotopic (exact) mass is 251 g/mol. The fraction of sp³-hybridized carbons (Fsp3) is 0.900. The third-order valence-electron chi connectivity index (χ3n) is 1.91. The van der Waals surface area contributed by atoms with E-state index in [0.717, 1.165) is 0 Å². The third kappa shape index (κ3) is 11.6. The number of carbonyl (C=O) groups excluding carboxylic acids is 1. The van der Waals surface area contributed by atoms with Gasteiger partial charge in [0.15, 0.2) is 6.61 Å². The van der Waals surface area contributed by atoms with Crippen molar-refractivity contribution in [2.45, 2.75) is 40.5 Å². The van der Waals surface area contributed by atoms with Gasteiger partial charge in [0.25, 0.3) is 5.91 Å². The first-order valence-corrected chi connectivity index (χ1v) is 6.67. The van der Waals surface area contributed by atoms with Crippen LogP contribution in [0, 0.1) is 0 Å². The molecule has 0 aliphatic rings. The first-order valence-electron chi connectivity index (χ1n) is 5.58. The number of amides is 1. The van der Waals surface area contributed by atoms with Crippen molar-refractivity contribution in [2.24, 2.45) is 0 Å². The molecule has 0 aliphatic heterocycles. The Bertz CT molecular complexity index is 193. The van der Waals surface area contributed by atoms with Gasteiger partial charge in [0, 0.05) is 13.1 Å². The van der Waals surface area contributed by atoms with Crippen molar-refractivity contribution < 1.29 is 18.8 Å². The number of hydrogen-bond acceptors (Lipinski definition) is 4. The number of nitrogens with zero attached hydrogens (tertiary/aromatic N) is 1. The molecule has 0 aromatic carbocycles. The molecule has 16 heavy (non-hydrogen) atoms. The molecule has 0 saturated carbocycles. The molecular weight excluding hydrogens is 229 g/mol. The molecule has 1 unspecified atom stereocenters. The molecule has 0 saturated heterocycles. The summed E-state index contributed by atoms with van der Waals surface area (Å²) in [5.41, 5.74) is 0. The third-order valence-corrected chi connectivity index (χ3v) is 2.25. The molecule has 0 aromatic rings. The van der Waals surface area contributed by atoms with E-state index in [1.54, 1.807) is 0 Å². The smallest absolute Gasteiger partial charge is 0.488 e. The Morgan fingerprint density at radius 3 is 1.88 bits per heavy atom. The maximum absolute atomic E-state index is 11.0. The van der Waals surface area contributed by atoms with Crippen LogP contribution in [0.4, 0.5) is 0 Å². The SMILES string of the molecule is CCCC.CCN(CC)C(=O)CO[P+](=O)[O-]. The quantitative estimate of drug-likeness (QED) is 0.674. The van der Waals surface area contributed by atoms with E-state index in [4.69, 9.17) is 0 Å². The minimum absolute atomic E-state index is 0.306. The van der Waals surface area contributed by atoms with E-state index in [0.29, 0.717) is 13.1 Å². The maximum Gasteiger partial charge on any atom is 0.488 e. The van der Waals surface area contributed by atoms with Crippen molar-refractivity contribution in [3.8, 4) is 0 Å². The summed E-state index contributed by atoms with van der Waals surface area (Å²) in [6.07, 6.45) is 2.64. The zero-order valence-corrected chi connectivity index (χ0v) is 11.5. The lowest BCUT2D eigenvalue weighted by Crippen LogP contribution is -2.33. The lowest BCUT2D eigenvalue weighted by Gasteiger charge is -2.16. The minimum atomic E-state index is -2.92. The topological polar surface area (TPSA) is 69.7 Å². The van der Waals surface area contributed by atoms with Gasteiger partial charge in [0.2, 0.25) is 0 Å². The Balaban J connectivity index is 0. The lowest BCUT2D eigenvalue weighted by molar-refractivity contribution is -0.187. The molecule has 0 aliphatic carbocycles. The van der Waals surface area contributed by atoms with Crippen LogP contribution < -0.4 is 4.89 Å². The fourth-order valence-corrected chi connectivity index (χ4v) is 0.991. The second kappa shape index (κ2) is 12.6. The highest BCUT2D eigenvalue weighted by Crippen LogP contribution is 2.08. The fourth-order valence-electron chi connectivity index (χ4n) is 0.776. The zero-order chi connectivity index (χ0) is 13.0. The van der Waals surface area contributed by atoms with Gasteiger partial charge in [-0.2, -0.15) is 0 Å². The highest BCUT2D eigenvalue weighted by molar-refractivity contribution is 7.30.